The fourth-order valence-corrected chi connectivity index (χ4v) is 2.89. The first-order valence-corrected chi connectivity index (χ1v) is 10.6. The minimum absolute atomic E-state index is 0.183. The zero-order valence-electron chi connectivity index (χ0n) is 18.2. The lowest BCUT2D eigenvalue weighted by atomic mass is 10.1. The van der Waals surface area contributed by atoms with Gasteiger partial charge in [-0.3, -0.25) is 4.79 Å². The van der Waals surface area contributed by atoms with Gasteiger partial charge in [-0.2, -0.15) is 0 Å². The van der Waals surface area contributed by atoms with Gasteiger partial charge in [-0.25, -0.2) is 4.79 Å². The van der Waals surface area contributed by atoms with Crippen molar-refractivity contribution in [2.75, 3.05) is 25.6 Å². The first-order valence-electron chi connectivity index (χ1n) is 10.6. The SMILES string of the molecule is CCOC(=O)CCCCCOc1cc(C(=O)OCC)c(N)cc1OCc1ccccc1. The van der Waals surface area contributed by atoms with Crippen LogP contribution in [0.3, 0.4) is 0 Å². The van der Waals surface area contributed by atoms with E-state index in [0.717, 1.165) is 24.8 Å². The van der Waals surface area contributed by atoms with Gasteiger partial charge in [-0.1, -0.05) is 30.3 Å². The molecule has 7 nitrogen and oxygen atoms in total. The predicted octanol–water partition coefficient (Wildman–Crippen LogP) is 4.53. The van der Waals surface area contributed by atoms with Crippen molar-refractivity contribution in [3.63, 3.8) is 0 Å². The molecule has 2 aromatic rings. The number of esters is 2. The summed E-state index contributed by atoms with van der Waals surface area (Å²) in [6, 6.07) is 12.9. The van der Waals surface area contributed by atoms with Crippen molar-refractivity contribution in [3.05, 3.63) is 53.6 Å². The summed E-state index contributed by atoms with van der Waals surface area (Å²) in [5.41, 5.74) is 7.57. The highest BCUT2D eigenvalue weighted by Gasteiger charge is 2.17. The molecular formula is C24H31NO6. The summed E-state index contributed by atoms with van der Waals surface area (Å²) in [6.45, 7) is 4.93. The molecule has 2 N–H and O–H groups in total. The number of nitrogens with two attached hydrogens (primary N) is 1. The minimum Gasteiger partial charge on any atom is -0.490 e. The third kappa shape index (κ3) is 8.20. The molecule has 0 atom stereocenters. The predicted molar refractivity (Wildman–Crippen MR) is 118 cm³/mol. The van der Waals surface area contributed by atoms with Crippen LogP contribution in [0.25, 0.3) is 0 Å². The number of hydrogen-bond acceptors (Lipinski definition) is 7. The van der Waals surface area contributed by atoms with Crippen LogP contribution in [0.1, 0.15) is 55.5 Å². The Labute approximate surface area is 183 Å². The van der Waals surface area contributed by atoms with E-state index in [0.29, 0.717) is 37.7 Å². The molecular weight excluding hydrogens is 398 g/mol. The summed E-state index contributed by atoms with van der Waals surface area (Å²) in [4.78, 5) is 23.6. The van der Waals surface area contributed by atoms with E-state index in [4.69, 9.17) is 24.7 Å². The smallest absolute Gasteiger partial charge is 0.340 e. The van der Waals surface area contributed by atoms with Crippen molar-refractivity contribution in [3.8, 4) is 11.5 Å². The topological polar surface area (TPSA) is 97.1 Å². The largest absolute Gasteiger partial charge is 0.490 e. The van der Waals surface area contributed by atoms with Crippen molar-refractivity contribution in [2.24, 2.45) is 0 Å². The Hall–Kier alpha value is -3.22. The van der Waals surface area contributed by atoms with Gasteiger partial charge in [0.05, 0.1) is 31.1 Å². The second kappa shape index (κ2) is 13.2. The zero-order valence-corrected chi connectivity index (χ0v) is 18.2. The number of anilines is 1. The van der Waals surface area contributed by atoms with E-state index in [1.54, 1.807) is 26.0 Å². The van der Waals surface area contributed by atoms with E-state index < -0.39 is 5.97 Å². The fourth-order valence-electron chi connectivity index (χ4n) is 2.89. The summed E-state index contributed by atoms with van der Waals surface area (Å²) < 4.78 is 21.8. The van der Waals surface area contributed by atoms with Crippen LogP contribution in [0.4, 0.5) is 5.69 Å². The third-order valence-corrected chi connectivity index (χ3v) is 4.44. The van der Waals surface area contributed by atoms with Crippen LogP contribution in [0.15, 0.2) is 42.5 Å². The Kier molecular flexibility index (Phi) is 10.2. The molecule has 0 aliphatic carbocycles. The second-order valence-electron chi connectivity index (χ2n) is 6.85. The van der Waals surface area contributed by atoms with Gasteiger partial charge in [0.15, 0.2) is 11.5 Å². The van der Waals surface area contributed by atoms with Gasteiger partial charge >= 0.3 is 11.9 Å². The summed E-state index contributed by atoms with van der Waals surface area (Å²) in [7, 11) is 0. The molecule has 31 heavy (non-hydrogen) atoms. The Balaban J connectivity index is 2.01. The van der Waals surface area contributed by atoms with Crippen molar-refractivity contribution in [1.82, 2.24) is 0 Å². The van der Waals surface area contributed by atoms with Crippen LogP contribution >= 0.6 is 0 Å². The number of carbonyl (C=O) groups excluding carboxylic acids is 2. The van der Waals surface area contributed by atoms with Crippen LogP contribution in [-0.4, -0.2) is 31.8 Å². The van der Waals surface area contributed by atoms with Gasteiger partial charge in [0.1, 0.15) is 6.61 Å². The van der Waals surface area contributed by atoms with Gasteiger partial charge in [0.25, 0.3) is 0 Å². The van der Waals surface area contributed by atoms with Gasteiger partial charge in [0, 0.05) is 18.6 Å². The third-order valence-electron chi connectivity index (χ3n) is 4.44. The second-order valence-corrected chi connectivity index (χ2v) is 6.85. The van der Waals surface area contributed by atoms with Crippen LogP contribution < -0.4 is 15.2 Å². The molecule has 0 amide bonds. The van der Waals surface area contributed by atoms with Crippen molar-refractivity contribution >= 4 is 17.6 Å². The molecule has 2 aromatic carbocycles. The number of carbonyl (C=O) groups is 2. The van der Waals surface area contributed by atoms with E-state index >= 15 is 0 Å². The standard InChI is InChI=1S/C24H31NO6/c1-3-28-23(26)13-9-6-10-14-30-21-15-19(24(27)29-4-2)20(25)16-22(21)31-17-18-11-7-5-8-12-18/h5,7-8,11-12,15-16H,3-4,6,9-10,13-14,17,25H2,1-2H3. The number of rotatable bonds is 13. The number of unbranched alkanes of at least 4 members (excludes halogenated alkanes) is 2. The molecule has 168 valence electrons. The summed E-state index contributed by atoms with van der Waals surface area (Å²) in [5, 5.41) is 0. The van der Waals surface area contributed by atoms with Gasteiger partial charge in [-0.15, -0.1) is 0 Å². The van der Waals surface area contributed by atoms with E-state index in [-0.39, 0.29) is 23.8 Å². The van der Waals surface area contributed by atoms with Crippen LogP contribution in [-0.2, 0) is 20.9 Å². The number of ether oxygens (including phenoxy) is 4. The van der Waals surface area contributed by atoms with E-state index in [2.05, 4.69) is 0 Å². The molecule has 7 heteroatoms. The van der Waals surface area contributed by atoms with Crippen molar-refractivity contribution in [1.29, 1.82) is 0 Å². The summed E-state index contributed by atoms with van der Waals surface area (Å²) in [5.74, 6) is 0.200. The molecule has 0 saturated carbocycles. The summed E-state index contributed by atoms with van der Waals surface area (Å²) >= 11 is 0. The average Bonchev–Trinajstić information content (AvgIpc) is 2.76. The van der Waals surface area contributed by atoms with Gasteiger partial charge in [0.2, 0.25) is 0 Å². The van der Waals surface area contributed by atoms with E-state index in [1.165, 1.54) is 0 Å². The lowest BCUT2D eigenvalue weighted by molar-refractivity contribution is -0.143. The molecule has 0 unspecified atom stereocenters. The fraction of sp³-hybridized carbons (Fsp3) is 0.417. The highest BCUT2D eigenvalue weighted by atomic mass is 16.5. The lowest BCUT2D eigenvalue weighted by Gasteiger charge is -2.16. The van der Waals surface area contributed by atoms with Crippen molar-refractivity contribution < 1.29 is 28.5 Å². The Morgan fingerprint density at radius 3 is 2.29 bits per heavy atom. The highest BCUT2D eigenvalue weighted by Crippen LogP contribution is 2.34. The molecule has 0 aliphatic rings. The Morgan fingerprint density at radius 1 is 0.871 bits per heavy atom. The van der Waals surface area contributed by atoms with Gasteiger partial charge < -0.3 is 24.7 Å². The van der Waals surface area contributed by atoms with Crippen LogP contribution in [0.2, 0.25) is 0 Å². The highest BCUT2D eigenvalue weighted by molar-refractivity contribution is 5.96. The number of benzene rings is 2. The van der Waals surface area contributed by atoms with Crippen molar-refractivity contribution in [2.45, 2.75) is 46.1 Å². The molecule has 0 bridgehead atoms. The molecule has 0 saturated heterocycles. The monoisotopic (exact) mass is 429 g/mol. The lowest BCUT2D eigenvalue weighted by Crippen LogP contribution is -2.10. The molecule has 0 fully saturated rings. The Morgan fingerprint density at radius 2 is 1.58 bits per heavy atom. The first kappa shape index (κ1) is 24.1. The number of hydrogen-bond donors (Lipinski definition) is 1. The van der Waals surface area contributed by atoms with Gasteiger partial charge in [-0.05, 0) is 38.7 Å². The molecule has 2 rings (SSSR count). The maximum Gasteiger partial charge on any atom is 0.340 e. The quantitative estimate of drug-likeness (QED) is 0.284. The number of nitrogen functional groups attached to an aromatic ring is 1. The first-order chi connectivity index (χ1) is 15.0. The molecule has 0 heterocycles. The van der Waals surface area contributed by atoms with E-state index in [9.17, 15) is 9.59 Å². The van der Waals surface area contributed by atoms with Crippen LogP contribution in [0.5, 0.6) is 11.5 Å². The zero-order chi connectivity index (χ0) is 22.5. The summed E-state index contributed by atoms with van der Waals surface area (Å²) in [6.07, 6.45) is 2.69. The molecule has 0 aliphatic heterocycles. The molecule has 0 radical (unpaired) electrons. The maximum atomic E-state index is 12.2. The molecule has 0 aromatic heterocycles. The van der Waals surface area contributed by atoms with E-state index in [1.807, 2.05) is 30.3 Å². The Bertz CT molecular complexity index is 837. The normalized spacial score (nSPS) is 10.4. The minimum atomic E-state index is -0.506. The molecule has 0 spiro atoms. The van der Waals surface area contributed by atoms with Crippen LogP contribution in [0, 0.1) is 0 Å². The average molecular weight is 430 g/mol. The maximum absolute atomic E-state index is 12.2.